The Morgan fingerprint density at radius 2 is 2.16 bits per heavy atom. The van der Waals surface area contributed by atoms with Crippen molar-refractivity contribution in [2.45, 2.75) is 45.2 Å². The zero-order valence-corrected chi connectivity index (χ0v) is 18.2. The van der Waals surface area contributed by atoms with Crippen molar-refractivity contribution >= 4 is 39.9 Å². The largest absolute Gasteiger partial charge is 0.362 e. The number of anilines is 2. The lowest BCUT2D eigenvalue weighted by Gasteiger charge is -2.16. The zero-order chi connectivity index (χ0) is 21.4. The van der Waals surface area contributed by atoms with Gasteiger partial charge in [-0.15, -0.1) is 11.3 Å². The number of rotatable bonds is 7. The second-order valence-electron chi connectivity index (χ2n) is 7.73. The summed E-state index contributed by atoms with van der Waals surface area (Å²) in [5.74, 6) is 1.10. The molecule has 0 radical (unpaired) electrons. The van der Waals surface area contributed by atoms with Crippen LogP contribution in [0.4, 0.5) is 11.5 Å². The first kappa shape index (κ1) is 19.6. The molecule has 3 heterocycles. The van der Waals surface area contributed by atoms with Gasteiger partial charge in [0.15, 0.2) is 0 Å². The highest BCUT2D eigenvalue weighted by Gasteiger charge is 2.27. The Bertz CT molecular complexity index is 1240. The average Bonchev–Trinajstić information content (AvgIpc) is 3.35. The van der Waals surface area contributed by atoms with Crippen LogP contribution in [0.3, 0.4) is 0 Å². The van der Waals surface area contributed by atoms with Crippen LogP contribution in [0.2, 0.25) is 0 Å². The first-order valence-electron chi connectivity index (χ1n) is 10.4. The fourth-order valence-corrected chi connectivity index (χ4v) is 4.35. The summed E-state index contributed by atoms with van der Waals surface area (Å²) in [7, 11) is 0. The van der Waals surface area contributed by atoms with Crippen molar-refractivity contribution in [1.82, 2.24) is 24.7 Å². The van der Waals surface area contributed by atoms with Crippen LogP contribution in [0.25, 0.3) is 11.2 Å². The molecular formula is C22H23N7OS. The van der Waals surface area contributed by atoms with Gasteiger partial charge in [0.2, 0.25) is 5.65 Å². The number of nitrogens with one attached hydrogen (secondary N) is 2. The Morgan fingerprint density at radius 3 is 2.97 bits per heavy atom. The van der Waals surface area contributed by atoms with Crippen LogP contribution in [0.1, 0.15) is 58.9 Å². The molecule has 1 amide bonds. The SMILES string of the molecule is CCn1cc2ncc(N[C@@H](C)c3cccc(NC(=O)c4cnc(C5CC5)s4)c3)nc2n1. The molecule has 0 saturated heterocycles. The topological polar surface area (TPSA) is 97.6 Å². The molecule has 0 unspecified atom stereocenters. The lowest BCUT2D eigenvalue weighted by molar-refractivity contribution is 0.103. The number of carbonyl (C=O) groups excluding carboxylic acids is 1. The molecule has 1 aliphatic carbocycles. The van der Waals surface area contributed by atoms with E-state index in [0.717, 1.165) is 28.3 Å². The van der Waals surface area contributed by atoms with Gasteiger partial charge < -0.3 is 10.6 Å². The Hall–Kier alpha value is -3.33. The summed E-state index contributed by atoms with van der Waals surface area (Å²) in [4.78, 5) is 26.6. The van der Waals surface area contributed by atoms with Gasteiger partial charge in [-0.2, -0.15) is 5.10 Å². The van der Waals surface area contributed by atoms with Gasteiger partial charge in [-0.25, -0.2) is 15.0 Å². The number of carbonyl (C=O) groups is 1. The Kier molecular flexibility index (Phi) is 5.11. The van der Waals surface area contributed by atoms with Crippen molar-refractivity contribution in [3.63, 3.8) is 0 Å². The highest BCUT2D eigenvalue weighted by atomic mass is 32.1. The van der Waals surface area contributed by atoms with Crippen LogP contribution >= 0.6 is 11.3 Å². The Morgan fingerprint density at radius 1 is 1.29 bits per heavy atom. The summed E-state index contributed by atoms with van der Waals surface area (Å²) in [6, 6.07) is 7.78. The van der Waals surface area contributed by atoms with Crippen LogP contribution < -0.4 is 10.6 Å². The van der Waals surface area contributed by atoms with E-state index in [1.165, 1.54) is 24.2 Å². The van der Waals surface area contributed by atoms with E-state index < -0.39 is 0 Å². The van der Waals surface area contributed by atoms with E-state index in [2.05, 4.69) is 30.7 Å². The lowest BCUT2D eigenvalue weighted by atomic mass is 10.1. The normalized spacial score (nSPS) is 14.5. The number of aryl methyl sites for hydroxylation is 1. The molecular weight excluding hydrogens is 410 g/mol. The quantitative estimate of drug-likeness (QED) is 0.442. The zero-order valence-electron chi connectivity index (χ0n) is 17.4. The van der Waals surface area contributed by atoms with Crippen molar-refractivity contribution in [2.75, 3.05) is 10.6 Å². The third-order valence-corrected chi connectivity index (χ3v) is 6.44. The molecule has 3 aromatic heterocycles. The number of aromatic nitrogens is 5. The maximum Gasteiger partial charge on any atom is 0.267 e. The highest BCUT2D eigenvalue weighted by molar-refractivity contribution is 7.13. The molecule has 1 aliphatic rings. The van der Waals surface area contributed by atoms with E-state index in [0.29, 0.717) is 22.3 Å². The van der Waals surface area contributed by atoms with Gasteiger partial charge >= 0.3 is 0 Å². The molecule has 1 saturated carbocycles. The fraction of sp³-hybridized carbons (Fsp3) is 0.318. The molecule has 5 rings (SSSR count). The van der Waals surface area contributed by atoms with E-state index >= 15 is 0 Å². The lowest BCUT2D eigenvalue weighted by Crippen LogP contribution is -2.12. The second-order valence-corrected chi connectivity index (χ2v) is 8.79. The van der Waals surface area contributed by atoms with Crippen molar-refractivity contribution in [3.8, 4) is 0 Å². The standard InChI is InChI=1S/C22H23N7OS/c1-3-29-12-17-20(28-29)27-19(11-23-17)25-13(2)15-5-4-6-16(9-15)26-21(30)18-10-24-22(31-18)14-7-8-14/h4-6,9-14H,3,7-8H2,1-2H3,(H,26,30)(H,25,27,28)/t13-/m0/s1. The summed E-state index contributed by atoms with van der Waals surface area (Å²) in [6.07, 6.45) is 7.64. The summed E-state index contributed by atoms with van der Waals surface area (Å²) in [5.41, 5.74) is 3.18. The van der Waals surface area contributed by atoms with Crippen LogP contribution in [0.15, 0.2) is 42.9 Å². The summed E-state index contributed by atoms with van der Waals surface area (Å²) in [5, 5.41) is 11.8. The van der Waals surface area contributed by atoms with E-state index in [-0.39, 0.29) is 11.9 Å². The molecule has 31 heavy (non-hydrogen) atoms. The second kappa shape index (κ2) is 8.07. The van der Waals surface area contributed by atoms with E-state index in [1.54, 1.807) is 12.4 Å². The van der Waals surface area contributed by atoms with E-state index in [4.69, 9.17) is 0 Å². The average molecular weight is 434 g/mol. The van der Waals surface area contributed by atoms with Gasteiger partial charge in [-0.05, 0) is 44.4 Å². The third kappa shape index (κ3) is 4.27. The molecule has 1 fully saturated rings. The maximum absolute atomic E-state index is 12.6. The number of hydrogen-bond acceptors (Lipinski definition) is 7. The minimum atomic E-state index is -0.120. The number of fused-ring (bicyclic) bond motifs is 1. The summed E-state index contributed by atoms with van der Waals surface area (Å²) >= 11 is 1.49. The minimum absolute atomic E-state index is 0.0262. The monoisotopic (exact) mass is 433 g/mol. The predicted octanol–water partition coefficient (Wildman–Crippen LogP) is 4.61. The van der Waals surface area contributed by atoms with Gasteiger partial charge in [-0.3, -0.25) is 9.48 Å². The number of hydrogen-bond donors (Lipinski definition) is 2. The van der Waals surface area contributed by atoms with E-state index in [1.807, 2.05) is 49.0 Å². The third-order valence-electron chi connectivity index (χ3n) is 5.28. The molecule has 4 aromatic rings. The molecule has 0 spiro atoms. The number of nitrogens with zero attached hydrogens (tertiary/aromatic N) is 5. The molecule has 0 aliphatic heterocycles. The number of thiazole rings is 1. The molecule has 9 heteroatoms. The minimum Gasteiger partial charge on any atom is -0.362 e. The summed E-state index contributed by atoms with van der Waals surface area (Å²) < 4.78 is 1.82. The maximum atomic E-state index is 12.6. The molecule has 0 bridgehead atoms. The van der Waals surface area contributed by atoms with Gasteiger partial charge in [0.25, 0.3) is 5.91 Å². The molecule has 8 nitrogen and oxygen atoms in total. The van der Waals surface area contributed by atoms with Gasteiger partial charge in [0.05, 0.1) is 29.6 Å². The Balaban J connectivity index is 1.27. The first-order chi connectivity index (χ1) is 15.1. The summed E-state index contributed by atoms with van der Waals surface area (Å²) in [6.45, 7) is 4.85. The first-order valence-corrected chi connectivity index (χ1v) is 11.2. The predicted molar refractivity (Wildman–Crippen MR) is 122 cm³/mol. The van der Waals surface area contributed by atoms with Gasteiger partial charge in [0, 0.05) is 18.2 Å². The van der Waals surface area contributed by atoms with Crippen molar-refractivity contribution in [2.24, 2.45) is 0 Å². The van der Waals surface area contributed by atoms with Crippen LogP contribution in [0, 0.1) is 0 Å². The van der Waals surface area contributed by atoms with Crippen molar-refractivity contribution < 1.29 is 4.79 Å². The van der Waals surface area contributed by atoms with Crippen LogP contribution in [-0.4, -0.2) is 30.6 Å². The number of benzene rings is 1. The van der Waals surface area contributed by atoms with Crippen LogP contribution in [-0.2, 0) is 6.54 Å². The molecule has 1 atom stereocenters. The Labute approximate surface area is 183 Å². The number of amides is 1. The molecule has 1 aromatic carbocycles. The van der Waals surface area contributed by atoms with Crippen molar-refractivity contribution in [3.05, 3.63) is 58.3 Å². The van der Waals surface area contributed by atoms with Crippen LogP contribution in [0.5, 0.6) is 0 Å². The highest BCUT2D eigenvalue weighted by Crippen LogP contribution is 2.41. The van der Waals surface area contributed by atoms with Crippen molar-refractivity contribution in [1.29, 1.82) is 0 Å². The van der Waals surface area contributed by atoms with E-state index in [9.17, 15) is 4.79 Å². The van der Waals surface area contributed by atoms with Gasteiger partial charge in [-0.1, -0.05) is 12.1 Å². The molecule has 2 N–H and O–H groups in total. The van der Waals surface area contributed by atoms with Gasteiger partial charge in [0.1, 0.15) is 16.2 Å². The smallest absolute Gasteiger partial charge is 0.267 e. The molecule has 158 valence electrons. The fourth-order valence-electron chi connectivity index (χ4n) is 3.37.